The van der Waals surface area contributed by atoms with Gasteiger partial charge in [-0.15, -0.1) is 0 Å². The van der Waals surface area contributed by atoms with Gasteiger partial charge in [0.05, 0.1) is 0 Å². The van der Waals surface area contributed by atoms with E-state index in [1.54, 1.807) is 0 Å². The van der Waals surface area contributed by atoms with E-state index >= 15 is 0 Å². The molecule has 0 aliphatic carbocycles. The first kappa shape index (κ1) is 18.1. The predicted molar refractivity (Wildman–Crippen MR) is 49.9 cm³/mol. The molecule has 0 saturated carbocycles. The minimum absolute atomic E-state index is 0. The summed E-state index contributed by atoms with van der Waals surface area (Å²) in [7, 11) is 0. The Morgan fingerprint density at radius 2 is 1.92 bits per heavy atom. The van der Waals surface area contributed by atoms with Crippen molar-refractivity contribution in [2.45, 2.75) is 13.8 Å². The zero-order chi connectivity index (χ0) is 9.28. The first-order valence-electron chi connectivity index (χ1n) is 3.38. The molecule has 0 aliphatic heterocycles. The second kappa shape index (κ2) is 13.8. The molecular formula is C6H18N2O3Pb. The van der Waals surface area contributed by atoms with Gasteiger partial charge in [0.25, 0.3) is 5.97 Å². The fourth-order valence-corrected chi connectivity index (χ4v) is 0.307. The van der Waals surface area contributed by atoms with Crippen molar-refractivity contribution >= 4 is 33.3 Å². The molecular weight excluding hydrogens is 355 g/mol. The average molecular weight is 373 g/mol. The van der Waals surface area contributed by atoms with Crippen LogP contribution in [0.25, 0.3) is 0 Å². The van der Waals surface area contributed by atoms with Crippen LogP contribution < -0.4 is 5.73 Å². The molecule has 0 spiro atoms. The number of hydrogen-bond acceptors (Lipinski definition) is 4. The van der Waals surface area contributed by atoms with Crippen molar-refractivity contribution in [3.63, 3.8) is 0 Å². The van der Waals surface area contributed by atoms with Crippen molar-refractivity contribution in [1.29, 1.82) is 0 Å². The van der Waals surface area contributed by atoms with Gasteiger partial charge < -0.3 is 16.0 Å². The molecule has 0 bridgehead atoms. The van der Waals surface area contributed by atoms with Gasteiger partial charge in [0.15, 0.2) is 0 Å². The Kier molecular flexibility index (Phi) is 20.9. The molecule has 74 valence electrons. The number of carboxylic acid groups (broad SMARTS) is 1. The van der Waals surface area contributed by atoms with Gasteiger partial charge in [-0.05, 0) is 0 Å². The molecule has 0 rings (SSSR count). The zero-order valence-corrected chi connectivity index (χ0v) is 13.2. The van der Waals surface area contributed by atoms with Gasteiger partial charge in [0.1, 0.15) is 0 Å². The second-order valence-electron chi connectivity index (χ2n) is 1.85. The van der Waals surface area contributed by atoms with E-state index < -0.39 is 5.97 Å². The molecule has 5 nitrogen and oxygen atoms in total. The van der Waals surface area contributed by atoms with Gasteiger partial charge in [-0.1, -0.05) is 6.92 Å². The van der Waals surface area contributed by atoms with Gasteiger partial charge >= 0.3 is 27.3 Å². The quantitative estimate of drug-likeness (QED) is 0.429. The average Bonchev–Trinajstić information content (AvgIpc) is 1.87. The van der Waals surface area contributed by atoms with Crippen LogP contribution in [-0.4, -0.2) is 68.3 Å². The van der Waals surface area contributed by atoms with E-state index in [9.17, 15) is 0 Å². The maximum atomic E-state index is 9.00. The number of likely N-dealkylation sites (N-methyl/N-ethyl adjacent to an activating group) is 1. The van der Waals surface area contributed by atoms with Gasteiger partial charge in [-0.25, -0.2) is 0 Å². The molecule has 0 saturated heterocycles. The summed E-state index contributed by atoms with van der Waals surface area (Å²) in [6.07, 6.45) is 0. The molecule has 0 atom stereocenters. The van der Waals surface area contributed by atoms with Crippen LogP contribution in [0.1, 0.15) is 13.8 Å². The second-order valence-corrected chi connectivity index (χ2v) is 1.85. The summed E-state index contributed by atoms with van der Waals surface area (Å²) >= 11 is 0. The molecule has 0 aromatic carbocycles. The normalized spacial score (nSPS) is 8.08. The number of carbonyl (C=O) groups is 1. The molecule has 0 aromatic heterocycles. The molecule has 4 N–H and O–H groups in total. The number of aliphatic carboxylic acids is 1. The summed E-state index contributed by atoms with van der Waals surface area (Å²) in [4.78, 5) is 9.00. The number of nitrogens with two attached hydrogens (primary N) is 1. The summed E-state index contributed by atoms with van der Waals surface area (Å²) in [5.41, 5.74) is 5.10. The molecule has 0 aromatic rings. The third kappa shape index (κ3) is 31.8. The number of hydrogen-bond donors (Lipinski definition) is 3. The van der Waals surface area contributed by atoms with Crippen LogP contribution in [0.5, 0.6) is 0 Å². The minimum atomic E-state index is -0.833. The van der Waals surface area contributed by atoms with Crippen LogP contribution in [0.2, 0.25) is 0 Å². The van der Waals surface area contributed by atoms with E-state index in [4.69, 9.17) is 20.8 Å². The third-order valence-corrected chi connectivity index (χ3v) is 0.752. The van der Waals surface area contributed by atoms with E-state index in [0.717, 1.165) is 6.92 Å². The number of carboxylic acids is 1. The monoisotopic (exact) mass is 374 g/mol. The summed E-state index contributed by atoms with van der Waals surface area (Å²) in [5.74, 6) is -0.833. The zero-order valence-electron chi connectivity index (χ0n) is 7.66. The Hall–Kier alpha value is 0.272. The van der Waals surface area contributed by atoms with E-state index in [1.165, 1.54) is 5.06 Å². The van der Waals surface area contributed by atoms with Crippen molar-refractivity contribution in [2.24, 2.45) is 5.73 Å². The van der Waals surface area contributed by atoms with Crippen molar-refractivity contribution in [3.05, 3.63) is 0 Å². The first-order valence-corrected chi connectivity index (χ1v) is 3.38. The number of hydroxylamine groups is 2. The molecule has 2 radical (unpaired) electrons. The fourth-order valence-electron chi connectivity index (χ4n) is 0.307. The molecule has 6 heteroatoms. The van der Waals surface area contributed by atoms with Gasteiger partial charge in [0.2, 0.25) is 0 Å². The van der Waals surface area contributed by atoms with Gasteiger partial charge in [0, 0.05) is 26.6 Å². The topological polar surface area (TPSA) is 86.8 Å². The summed E-state index contributed by atoms with van der Waals surface area (Å²) in [6, 6.07) is 0. The van der Waals surface area contributed by atoms with Crippen molar-refractivity contribution in [1.82, 2.24) is 5.06 Å². The van der Waals surface area contributed by atoms with Crippen LogP contribution >= 0.6 is 0 Å². The molecule has 0 heterocycles. The Morgan fingerprint density at radius 3 is 2.00 bits per heavy atom. The van der Waals surface area contributed by atoms with Crippen LogP contribution in [0, 0.1) is 0 Å². The van der Waals surface area contributed by atoms with Crippen LogP contribution in [-0.2, 0) is 4.79 Å². The Morgan fingerprint density at radius 1 is 1.58 bits per heavy atom. The van der Waals surface area contributed by atoms with Crippen LogP contribution in [0.4, 0.5) is 0 Å². The SMILES string of the molecule is CC(=O)O.CCN(O)CCN.[PbH2]. The first-order chi connectivity index (χ1) is 5.04. The third-order valence-electron chi connectivity index (χ3n) is 0.752. The molecule has 0 unspecified atom stereocenters. The fraction of sp³-hybridized carbons (Fsp3) is 0.833. The van der Waals surface area contributed by atoms with E-state index in [2.05, 4.69) is 0 Å². The predicted octanol–water partition coefficient (Wildman–Crippen LogP) is -1.17. The molecule has 12 heavy (non-hydrogen) atoms. The van der Waals surface area contributed by atoms with Gasteiger partial charge in [-0.3, -0.25) is 4.79 Å². The van der Waals surface area contributed by atoms with Crippen LogP contribution in [0.15, 0.2) is 0 Å². The summed E-state index contributed by atoms with van der Waals surface area (Å²) in [6.45, 7) is 4.69. The molecule has 0 fully saturated rings. The Balaban J connectivity index is -0.000000142. The van der Waals surface area contributed by atoms with Gasteiger partial charge in [-0.2, -0.15) is 5.06 Å². The Bertz CT molecular complexity index is 98.8. The van der Waals surface area contributed by atoms with Crippen molar-refractivity contribution < 1.29 is 15.1 Å². The Labute approximate surface area is 92.7 Å². The van der Waals surface area contributed by atoms with Crippen molar-refractivity contribution in [2.75, 3.05) is 19.6 Å². The summed E-state index contributed by atoms with van der Waals surface area (Å²) in [5, 5.41) is 17.2. The number of nitrogens with zero attached hydrogens (tertiary/aromatic N) is 1. The van der Waals surface area contributed by atoms with E-state index in [-0.39, 0.29) is 27.3 Å². The van der Waals surface area contributed by atoms with E-state index in [1.807, 2.05) is 6.92 Å². The number of rotatable bonds is 3. The molecule has 0 amide bonds. The maximum absolute atomic E-state index is 9.00. The van der Waals surface area contributed by atoms with Crippen molar-refractivity contribution in [3.8, 4) is 0 Å². The molecule has 0 aliphatic rings. The van der Waals surface area contributed by atoms with E-state index in [0.29, 0.717) is 19.6 Å². The van der Waals surface area contributed by atoms with Crippen LogP contribution in [0.3, 0.4) is 0 Å². The standard InChI is InChI=1S/C4H12N2O.C2H4O2.Pb.2H/c1-2-6(7)4-3-5;1-2(3)4;;;/h7H,2-5H2,1H3;1H3,(H,3,4);;;. The summed E-state index contributed by atoms with van der Waals surface area (Å²) < 4.78 is 0.